The van der Waals surface area contributed by atoms with Crippen LogP contribution in [0.25, 0.3) is 0 Å². The first kappa shape index (κ1) is 23.7. The molecule has 1 aliphatic heterocycles. The van der Waals surface area contributed by atoms with E-state index in [9.17, 15) is 20.1 Å². The number of cyclic esters (lactones) is 1. The Labute approximate surface area is 192 Å². The van der Waals surface area contributed by atoms with Crippen molar-refractivity contribution in [3.8, 4) is 0 Å². The van der Waals surface area contributed by atoms with E-state index in [1.165, 1.54) is 31.3 Å². The lowest BCUT2D eigenvalue weighted by Crippen LogP contribution is -2.36. The summed E-state index contributed by atoms with van der Waals surface area (Å²) in [5.41, 5.74) is 2.08. The van der Waals surface area contributed by atoms with Crippen molar-refractivity contribution in [3.63, 3.8) is 0 Å². The van der Waals surface area contributed by atoms with Gasteiger partial charge in [-0.05, 0) is 86.2 Å². The summed E-state index contributed by atoms with van der Waals surface area (Å²) < 4.78 is 5.47. The number of carbonyl (C=O) groups excluding carboxylic acids is 1. The SMILES string of the molecule is C=C1/C(=C\C=C2/CCCC3(C)C2CCC3C(C)CC2CC(C)(O)C(=O)O2)CC(O)CC1O. The summed E-state index contributed by atoms with van der Waals surface area (Å²) in [4.78, 5) is 11.9. The first-order valence-electron chi connectivity index (χ1n) is 12.4. The first-order valence-corrected chi connectivity index (χ1v) is 12.4. The van der Waals surface area contributed by atoms with Crippen LogP contribution in [0.4, 0.5) is 0 Å². The second-order valence-corrected chi connectivity index (χ2v) is 11.4. The van der Waals surface area contributed by atoms with E-state index in [-0.39, 0.29) is 11.5 Å². The van der Waals surface area contributed by atoms with Gasteiger partial charge in [0.2, 0.25) is 0 Å². The highest BCUT2D eigenvalue weighted by molar-refractivity contribution is 5.80. The van der Waals surface area contributed by atoms with Gasteiger partial charge in [0.15, 0.2) is 5.60 Å². The topological polar surface area (TPSA) is 87.0 Å². The summed E-state index contributed by atoms with van der Waals surface area (Å²) in [7, 11) is 0. The number of hydrogen-bond donors (Lipinski definition) is 3. The van der Waals surface area contributed by atoms with E-state index in [0.29, 0.717) is 37.0 Å². The van der Waals surface area contributed by atoms with Crippen LogP contribution in [0.2, 0.25) is 0 Å². The van der Waals surface area contributed by atoms with Crippen molar-refractivity contribution in [2.45, 2.75) is 102 Å². The molecule has 3 saturated carbocycles. The molecule has 8 atom stereocenters. The van der Waals surface area contributed by atoms with Gasteiger partial charge in [-0.1, -0.05) is 38.2 Å². The van der Waals surface area contributed by atoms with Crippen LogP contribution in [0.1, 0.15) is 78.6 Å². The lowest BCUT2D eigenvalue weighted by molar-refractivity contribution is -0.154. The van der Waals surface area contributed by atoms with Crippen LogP contribution in [-0.2, 0) is 9.53 Å². The van der Waals surface area contributed by atoms with E-state index < -0.39 is 23.8 Å². The number of fused-ring (bicyclic) bond motifs is 1. The third kappa shape index (κ3) is 4.36. The molecule has 0 spiro atoms. The van der Waals surface area contributed by atoms with E-state index >= 15 is 0 Å². The number of ether oxygens (including phenoxy) is 1. The van der Waals surface area contributed by atoms with Crippen molar-refractivity contribution in [3.05, 3.63) is 35.5 Å². The number of carbonyl (C=O) groups is 1. The zero-order valence-corrected chi connectivity index (χ0v) is 19.8. The van der Waals surface area contributed by atoms with Gasteiger partial charge in [0.25, 0.3) is 0 Å². The van der Waals surface area contributed by atoms with Crippen molar-refractivity contribution in [1.29, 1.82) is 0 Å². The molecule has 0 aromatic rings. The third-order valence-corrected chi connectivity index (χ3v) is 8.96. The molecule has 0 radical (unpaired) electrons. The maximum absolute atomic E-state index is 11.9. The second kappa shape index (κ2) is 8.73. The van der Waals surface area contributed by atoms with Gasteiger partial charge in [-0.25, -0.2) is 4.79 Å². The number of esters is 1. The van der Waals surface area contributed by atoms with Crippen LogP contribution in [0.3, 0.4) is 0 Å². The van der Waals surface area contributed by atoms with Gasteiger partial charge in [-0.15, -0.1) is 0 Å². The number of hydrogen-bond acceptors (Lipinski definition) is 5. The van der Waals surface area contributed by atoms with Gasteiger partial charge >= 0.3 is 5.97 Å². The molecule has 4 rings (SSSR count). The fraction of sp³-hybridized carbons (Fsp3) is 0.741. The molecule has 0 aromatic carbocycles. The molecule has 4 aliphatic rings. The predicted molar refractivity (Wildman–Crippen MR) is 124 cm³/mol. The van der Waals surface area contributed by atoms with Crippen LogP contribution in [0.15, 0.2) is 35.5 Å². The van der Waals surface area contributed by atoms with Gasteiger partial charge in [0, 0.05) is 12.8 Å². The molecule has 4 fully saturated rings. The second-order valence-electron chi connectivity index (χ2n) is 11.4. The van der Waals surface area contributed by atoms with E-state index in [2.05, 4.69) is 32.6 Å². The Hall–Kier alpha value is -1.43. The molecule has 178 valence electrons. The fourth-order valence-electron chi connectivity index (χ4n) is 7.24. The number of allylic oxidation sites excluding steroid dienone is 3. The molecule has 1 saturated heterocycles. The molecule has 8 unspecified atom stereocenters. The van der Waals surface area contributed by atoms with Crippen LogP contribution >= 0.6 is 0 Å². The maximum atomic E-state index is 11.9. The Morgan fingerprint density at radius 2 is 2.00 bits per heavy atom. The molecule has 5 nitrogen and oxygen atoms in total. The quantitative estimate of drug-likeness (QED) is 0.565. The average Bonchev–Trinajstić information content (AvgIpc) is 3.18. The summed E-state index contributed by atoms with van der Waals surface area (Å²) >= 11 is 0. The normalized spacial score (nSPS) is 45.9. The Morgan fingerprint density at radius 1 is 1.25 bits per heavy atom. The minimum atomic E-state index is -1.34. The van der Waals surface area contributed by atoms with Crippen molar-refractivity contribution < 1.29 is 24.9 Å². The van der Waals surface area contributed by atoms with E-state index in [4.69, 9.17) is 4.74 Å². The maximum Gasteiger partial charge on any atom is 0.338 e. The Bertz CT molecular complexity index is 824. The monoisotopic (exact) mass is 444 g/mol. The Kier molecular flexibility index (Phi) is 6.47. The van der Waals surface area contributed by atoms with Gasteiger partial charge in [0.1, 0.15) is 6.10 Å². The number of aliphatic hydroxyl groups is 3. The van der Waals surface area contributed by atoms with Crippen LogP contribution in [-0.4, -0.2) is 45.2 Å². The van der Waals surface area contributed by atoms with Crippen LogP contribution in [0, 0.1) is 23.2 Å². The number of aliphatic hydroxyl groups excluding tert-OH is 2. The lowest BCUT2D eigenvalue weighted by Gasteiger charge is -2.44. The summed E-state index contributed by atoms with van der Waals surface area (Å²) in [6.07, 6.45) is 11.0. The minimum absolute atomic E-state index is 0.186. The molecule has 3 aliphatic carbocycles. The van der Waals surface area contributed by atoms with E-state index in [1.54, 1.807) is 6.92 Å². The minimum Gasteiger partial charge on any atom is -0.460 e. The average molecular weight is 445 g/mol. The van der Waals surface area contributed by atoms with E-state index in [1.807, 2.05) is 0 Å². The number of rotatable bonds is 4. The zero-order chi connectivity index (χ0) is 23.3. The molecule has 3 N–H and O–H groups in total. The first-order chi connectivity index (χ1) is 15.0. The Balaban J connectivity index is 1.47. The van der Waals surface area contributed by atoms with Crippen molar-refractivity contribution in [1.82, 2.24) is 0 Å². The molecule has 0 bridgehead atoms. The van der Waals surface area contributed by atoms with Crippen molar-refractivity contribution in [2.75, 3.05) is 0 Å². The zero-order valence-electron chi connectivity index (χ0n) is 19.8. The highest BCUT2D eigenvalue weighted by atomic mass is 16.6. The summed E-state index contributed by atoms with van der Waals surface area (Å²) in [5.74, 6) is 1.06. The highest BCUT2D eigenvalue weighted by Gasteiger charge is 2.52. The smallest absolute Gasteiger partial charge is 0.338 e. The van der Waals surface area contributed by atoms with Crippen LogP contribution < -0.4 is 0 Å². The summed E-state index contributed by atoms with van der Waals surface area (Å²) in [6, 6.07) is 0. The molecule has 1 heterocycles. The van der Waals surface area contributed by atoms with Gasteiger partial charge in [-0.2, -0.15) is 0 Å². The molecular weight excluding hydrogens is 404 g/mol. The van der Waals surface area contributed by atoms with Gasteiger partial charge in [-0.3, -0.25) is 0 Å². The molecule has 0 aromatic heterocycles. The van der Waals surface area contributed by atoms with Crippen molar-refractivity contribution >= 4 is 5.97 Å². The standard InChI is InChI=1S/C27H40O5/c1-16(12-21-15-27(4,31)25(30)32-21)22-9-10-23-18(6-5-11-26(22,23)3)7-8-19-13-20(28)14-24(29)17(19)2/h7-8,16,20-24,28-29,31H,2,5-6,9-15H2,1,3-4H3/b18-7+,19-8-. The Morgan fingerprint density at radius 3 is 2.69 bits per heavy atom. The molecular formula is C27H40O5. The summed E-state index contributed by atoms with van der Waals surface area (Å²) in [5, 5.41) is 30.4. The molecule has 0 amide bonds. The highest BCUT2D eigenvalue weighted by Crippen LogP contribution is 2.60. The van der Waals surface area contributed by atoms with E-state index in [0.717, 1.165) is 24.0 Å². The fourth-order valence-corrected chi connectivity index (χ4v) is 7.24. The third-order valence-electron chi connectivity index (χ3n) is 8.96. The molecule has 32 heavy (non-hydrogen) atoms. The van der Waals surface area contributed by atoms with Gasteiger partial charge < -0.3 is 20.1 Å². The lowest BCUT2D eigenvalue weighted by atomic mass is 9.60. The van der Waals surface area contributed by atoms with Crippen molar-refractivity contribution in [2.24, 2.45) is 23.2 Å². The molecule has 5 heteroatoms. The largest absolute Gasteiger partial charge is 0.460 e. The summed E-state index contributed by atoms with van der Waals surface area (Å²) in [6.45, 7) is 10.3. The van der Waals surface area contributed by atoms with Crippen LogP contribution in [0.5, 0.6) is 0 Å². The predicted octanol–water partition coefficient (Wildman–Crippen LogP) is 4.22. The van der Waals surface area contributed by atoms with Gasteiger partial charge in [0.05, 0.1) is 12.2 Å².